The van der Waals surface area contributed by atoms with Gasteiger partial charge in [-0.2, -0.15) is 0 Å². The predicted molar refractivity (Wildman–Crippen MR) is 105 cm³/mol. The Kier molecular flexibility index (Phi) is 6.47. The van der Waals surface area contributed by atoms with Crippen LogP contribution in [0, 0.1) is 11.3 Å². The van der Waals surface area contributed by atoms with Gasteiger partial charge in [0, 0.05) is 19.1 Å². The van der Waals surface area contributed by atoms with Gasteiger partial charge in [0.05, 0.1) is 0 Å². The van der Waals surface area contributed by atoms with Crippen LogP contribution in [0.4, 0.5) is 4.79 Å². The van der Waals surface area contributed by atoms with E-state index in [-0.39, 0.29) is 42.2 Å². The Hall–Kier alpha value is -1.34. The molecule has 8 heteroatoms. The summed E-state index contributed by atoms with van der Waals surface area (Å²) in [6, 6.07) is -0.439. The zero-order valence-electron chi connectivity index (χ0n) is 16.6. The number of nitrogens with two attached hydrogens (primary N) is 1. The summed E-state index contributed by atoms with van der Waals surface area (Å²) in [6.07, 6.45) is 5.04. The Balaban J connectivity index is 0.00000261. The SMILES string of the molecule is CCC(C)(C)C1CCC2(CC1)NC(=O)N(CC(=O)N1CC[C@@H](N)C1)C2=O.Cl. The molecule has 3 fully saturated rings. The first-order chi connectivity index (χ1) is 12.2. The zero-order valence-corrected chi connectivity index (χ0v) is 17.4. The van der Waals surface area contributed by atoms with E-state index < -0.39 is 11.6 Å². The molecule has 0 bridgehead atoms. The van der Waals surface area contributed by atoms with Gasteiger partial charge in [-0.05, 0) is 43.4 Å². The van der Waals surface area contributed by atoms with Crippen LogP contribution in [0.15, 0.2) is 0 Å². The summed E-state index contributed by atoms with van der Waals surface area (Å²) >= 11 is 0. The fourth-order valence-corrected chi connectivity index (χ4v) is 4.59. The number of likely N-dealkylation sites (tertiary alicyclic amines) is 1. The molecular weight excluding hydrogens is 368 g/mol. The van der Waals surface area contributed by atoms with E-state index in [9.17, 15) is 14.4 Å². The van der Waals surface area contributed by atoms with Crippen LogP contribution in [0.5, 0.6) is 0 Å². The second-order valence-electron chi connectivity index (χ2n) is 8.91. The van der Waals surface area contributed by atoms with Crippen LogP contribution < -0.4 is 11.1 Å². The summed E-state index contributed by atoms with van der Waals surface area (Å²) in [5, 5.41) is 2.91. The Bertz CT molecular complexity index is 602. The Morgan fingerprint density at radius 2 is 1.89 bits per heavy atom. The standard InChI is InChI=1S/C19H32N4O3.ClH/c1-4-18(2,3)13-5-8-19(9-6-13)16(25)23(17(26)21-19)12-15(24)22-10-7-14(20)11-22;/h13-14H,4-12,20H2,1-3H3,(H,21,26);1H/t13?,14-,19?;/m1./s1. The van der Waals surface area contributed by atoms with E-state index in [0.29, 0.717) is 31.8 Å². The summed E-state index contributed by atoms with van der Waals surface area (Å²) < 4.78 is 0. The van der Waals surface area contributed by atoms with Gasteiger partial charge in [-0.1, -0.05) is 27.2 Å². The minimum Gasteiger partial charge on any atom is -0.340 e. The Morgan fingerprint density at radius 3 is 2.41 bits per heavy atom. The van der Waals surface area contributed by atoms with Crippen LogP contribution in [0.25, 0.3) is 0 Å². The average molecular weight is 401 g/mol. The summed E-state index contributed by atoms with van der Waals surface area (Å²) in [6.45, 7) is 7.67. The van der Waals surface area contributed by atoms with Crippen molar-refractivity contribution in [2.75, 3.05) is 19.6 Å². The lowest BCUT2D eigenvalue weighted by Gasteiger charge is -2.42. The number of nitrogens with zero attached hydrogens (tertiary/aromatic N) is 2. The molecule has 0 aromatic rings. The van der Waals surface area contributed by atoms with Gasteiger partial charge in [0.15, 0.2) is 0 Å². The van der Waals surface area contributed by atoms with Gasteiger partial charge in [-0.15, -0.1) is 12.4 Å². The number of nitrogens with one attached hydrogen (secondary N) is 1. The fourth-order valence-electron chi connectivity index (χ4n) is 4.59. The fraction of sp³-hybridized carbons (Fsp3) is 0.842. The van der Waals surface area contributed by atoms with Crippen molar-refractivity contribution in [1.29, 1.82) is 0 Å². The molecule has 3 N–H and O–H groups in total. The first kappa shape index (κ1) is 22.0. The second-order valence-corrected chi connectivity index (χ2v) is 8.91. The van der Waals surface area contributed by atoms with Crippen molar-refractivity contribution in [1.82, 2.24) is 15.1 Å². The highest BCUT2D eigenvalue weighted by molar-refractivity contribution is 6.09. The third-order valence-electron chi connectivity index (χ3n) is 6.97. The number of hydrogen-bond acceptors (Lipinski definition) is 4. The molecule has 0 aromatic heterocycles. The van der Waals surface area contributed by atoms with E-state index in [0.717, 1.165) is 30.6 Å². The Labute approximate surface area is 167 Å². The minimum absolute atomic E-state index is 0. The van der Waals surface area contributed by atoms with Crippen LogP contribution in [-0.2, 0) is 9.59 Å². The van der Waals surface area contributed by atoms with Crippen LogP contribution in [0.1, 0.15) is 59.3 Å². The molecule has 1 spiro atoms. The number of hydrogen-bond donors (Lipinski definition) is 2. The molecule has 0 radical (unpaired) electrons. The summed E-state index contributed by atoms with van der Waals surface area (Å²) in [5.41, 5.74) is 5.28. The molecule has 2 heterocycles. The van der Waals surface area contributed by atoms with E-state index in [1.807, 2.05) is 0 Å². The number of halogens is 1. The first-order valence-corrected chi connectivity index (χ1v) is 9.86. The van der Waals surface area contributed by atoms with E-state index in [1.165, 1.54) is 0 Å². The molecule has 27 heavy (non-hydrogen) atoms. The number of imide groups is 1. The maximum atomic E-state index is 13.0. The van der Waals surface area contributed by atoms with Crippen molar-refractivity contribution in [3.05, 3.63) is 0 Å². The molecule has 2 saturated heterocycles. The van der Waals surface area contributed by atoms with Gasteiger partial charge in [0.1, 0.15) is 12.1 Å². The molecule has 1 aliphatic carbocycles. The van der Waals surface area contributed by atoms with Crippen molar-refractivity contribution in [3.63, 3.8) is 0 Å². The molecule has 154 valence electrons. The largest absolute Gasteiger partial charge is 0.340 e. The number of carbonyl (C=O) groups excluding carboxylic acids is 3. The van der Waals surface area contributed by atoms with Crippen molar-refractivity contribution in [3.8, 4) is 0 Å². The van der Waals surface area contributed by atoms with Crippen LogP contribution in [-0.4, -0.2) is 58.9 Å². The average Bonchev–Trinajstić information content (AvgIpc) is 3.13. The third kappa shape index (κ3) is 4.09. The van der Waals surface area contributed by atoms with Crippen molar-refractivity contribution in [2.24, 2.45) is 17.1 Å². The lowest BCUT2D eigenvalue weighted by atomic mass is 9.65. The van der Waals surface area contributed by atoms with Crippen LogP contribution >= 0.6 is 12.4 Å². The number of amides is 4. The van der Waals surface area contributed by atoms with Gasteiger partial charge in [0.2, 0.25) is 5.91 Å². The predicted octanol–water partition coefficient (Wildman–Crippen LogP) is 1.88. The second kappa shape index (κ2) is 7.95. The highest BCUT2D eigenvalue weighted by Crippen LogP contribution is 2.45. The smallest absolute Gasteiger partial charge is 0.325 e. The van der Waals surface area contributed by atoms with Gasteiger partial charge >= 0.3 is 6.03 Å². The molecule has 0 aromatic carbocycles. The van der Waals surface area contributed by atoms with E-state index in [1.54, 1.807) is 4.90 Å². The maximum Gasteiger partial charge on any atom is 0.325 e. The van der Waals surface area contributed by atoms with E-state index in [2.05, 4.69) is 26.1 Å². The maximum absolute atomic E-state index is 13.0. The van der Waals surface area contributed by atoms with Crippen molar-refractivity contribution >= 4 is 30.3 Å². The van der Waals surface area contributed by atoms with Gasteiger partial charge in [-0.25, -0.2) is 4.79 Å². The molecule has 7 nitrogen and oxygen atoms in total. The van der Waals surface area contributed by atoms with Gasteiger partial charge in [-0.3, -0.25) is 14.5 Å². The van der Waals surface area contributed by atoms with Crippen LogP contribution in [0.2, 0.25) is 0 Å². The molecule has 3 aliphatic rings. The van der Waals surface area contributed by atoms with Gasteiger partial charge in [0.25, 0.3) is 5.91 Å². The molecule has 1 atom stereocenters. The number of carbonyl (C=O) groups is 3. The summed E-state index contributed by atoms with van der Waals surface area (Å²) in [5.74, 6) is 0.135. The Morgan fingerprint density at radius 1 is 1.26 bits per heavy atom. The van der Waals surface area contributed by atoms with Crippen molar-refractivity contribution in [2.45, 2.75) is 70.9 Å². The van der Waals surface area contributed by atoms with Crippen molar-refractivity contribution < 1.29 is 14.4 Å². The lowest BCUT2D eigenvalue weighted by molar-refractivity contribution is -0.139. The monoisotopic (exact) mass is 400 g/mol. The quantitative estimate of drug-likeness (QED) is 0.704. The van der Waals surface area contributed by atoms with Crippen LogP contribution in [0.3, 0.4) is 0 Å². The zero-order chi connectivity index (χ0) is 19.1. The topological polar surface area (TPSA) is 95.7 Å². The highest BCUT2D eigenvalue weighted by Gasteiger charge is 2.54. The normalized spacial score (nSPS) is 31.3. The molecule has 2 aliphatic heterocycles. The molecular formula is C19H33ClN4O3. The third-order valence-corrected chi connectivity index (χ3v) is 6.97. The number of urea groups is 1. The van der Waals surface area contributed by atoms with E-state index in [4.69, 9.17) is 5.73 Å². The molecule has 4 amide bonds. The summed E-state index contributed by atoms with van der Waals surface area (Å²) in [4.78, 5) is 40.6. The van der Waals surface area contributed by atoms with E-state index >= 15 is 0 Å². The highest BCUT2D eigenvalue weighted by atomic mass is 35.5. The lowest BCUT2D eigenvalue weighted by Crippen LogP contribution is -2.51. The molecule has 1 saturated carbocycles. The summed E-state index contributed by atoms with van der Waals surface area (Å²) in [7, 11) is 0. The first-order valence-electron chi connectivity index (χ1n) is 9.86. The number of rotatable bonds is 4. The molecule has 0 unspecified atom stereocenters. The minimum atomic E-state index is -0.806. The van der Waals surface area contributed by atoms with Gasteiger partial charge < -0.3 is 16.0 Å². The molecule has 3 rings (SSSR count).